The third-order valence-electron chi connectivity index (χ3n) is 3.94. The zero-order chi connectivity index (χ0) is 16.3. The zero-order valence-electron chi connectivity index (χ0n) is 13.2. The highest BCUT2D eigenvalue weighted by molar-refractivity contribution is 7.89. The second-order valence-corrected chi connectivity index (χ2v) is 8.09. The van der Waals surface area contributed by atoms with Gasteiger partial charge in [-0.05, 0) is 50.2 Å². The lowest BCUT2D eigenvalue weighted by atomic mass is 10.1. The monoisotopic (exact) mass is 325 g/mol. The quantitative estimate of drug-likeness (QED) is 0.861. The molecule has 22 heavy (non-hydrogen) atoms. The lowest BCUT2D eigenvalue weighted by molar-refractivity contribution is 0.0947. The van der Waals surface area contributed by atoms with Gasteiger partial charge in [0.1, 0.15) is 0 Å². The van der Waals surface area contributed by atoms with Crippen molar-refractivity contribution in [2.24, 2.45) is 5.92 Å². The van der Waals surface area contributed by atoms with Crippen LogP contribution in [0, 0.1) is 5.92 Å². The average molecular weight is 325 g/mol. The highest BCUT2D eigenvalue weighted by Gasteiger charge is 2.21. The summed E-state index contributed by atoms with van der Waals surface area (Å²) in [5.41, 5.74) is 0.476. The van der Waals surface area contributed by atoms with Crippen molar-refractivity contribution in [1.29, 1.82) is 0 Å². The fourth-order valence-electron chi connectivity index (χ4n) is 2.52. The van der Waals surface area contributed by atoms with Gasteiger partial charge >= 0.3 is 0 Å². The summed E-state index contributed by atoms with van der Waals surface area (Å²) >= 11 is 0. The average Bonchev–Trinajstić information content (AvgIpc) is 2.90. The van der Waals surface area contributed by atoms with E-state index in [0.717, 1.165) is 23.8 Å². The van der Waals surface area contributed by atoms with Gasteiger partial charge in [-0.2, -0.15) is 0 Å². The fraction of sp³-hybridized carbons (Fsp3) is 0.533. The number of nitrogens with zero attached hydrogens (tertiary/aromatic N) is 2. The minimum absolute atomic E-state index is 0.164. The molecule has 1 aromatic rings. The summed E-state index contributed by atoms with van der Waals surface area (Å²) in [6.45, 7) is 2.72. The number of nitrogens with one attached hydrogen (secondary N) is 1. The van der Waals surface area contributed by atoms with Crippen LogP contribution in [0.2, 0.25) is 0 Å². The van der Waals surface area contributed by atoms with Crippen molar-refractivity contribution in [3.63, 3.8) is 0 Å². The number of likely N-dealkylation sites (tertiary alicyclic amines) is 1. The van der Waals surface area contributed by atoms with Crippen molar-refractivity contribution in [2.75, 3.05) is 40.8 Å². The lowest BCUT2D eigenvalue weighted by Crippen LogP contribution is -2.30. The van der Waals surface area contributed by atoms with E-state index in [2.05, 4.69) is 17.3 Å². The first-order valence-electron chi connectivity index (χ1n) is 7.30. The van der Waals surface area contributed by atoms with Gasteiger partial charge in [-0.15, -0.1) is 0 Å². The number of rotatable bonds is 5. The summed E-state index contributed by atoms with van der Waals surface area (Å²) in [7, 11) is 1.58. The molecule has 0 aliphatic carbocycles. The topological polar surface area (TPSA) is 69.7 Å². The van der Waals surface area contributed by atoms with Crippen molar-refractivity contribution < 1.29 is 13.2 Å². The molecule has 1 heterocycles. The number of hydrogen-bond donors (Lipinski definition) is 1. The first-order chi connectivity index (χ1) is 10.3. The summed E-state index contributed by atoms with van der Waals surface area (Å²) in [5.74, 6) is 0.325. The van der Waals surface area contributed by atoms with Gasteiger partial charge in [0.25, 0.3) is 5.91 Å². The molecule has 0 spiro atoms. The lowest BCUT2D eigenvalue weighted by Gasteiger charge is -2.13. The van der Waals surface area contributed by atoms with Crippen LogP contribution in [-0.4, -0.2) is 64.3 Å². The number of carbonyl (C=O) groups is 1. The molecule has 1 N–H and O–H groups in total. The van der Waals surface area contributed by atoms with Crippen molar-refractivity contribution in [2.45, 2.75) is 11.3 Å². The van der Waals surface area contributed by atoms with E-state index >= 15 is 0 Å². The highest BCUT2D eigenvalue weighted by atomic mass is 32.2. The Morgan fingerprint density at radius 2 is 1.95 bits per heavy atom. The van der Waals surface area contributed by atoms with Crippen LogP contribution in [0.1, 0.15) is 16.8 Å². The van der Waals surface area contributed by atoms with Crippen LogP contribution in [0.15, 0.2) is 29.2 Å². The zero-order valence-corrected chi connectivity index (χ0v) is 14.1. The largest absolute Gasteiger partial charge is 0.352 e. The summed E-state index contributed by atoms with van der Waals surface area (Å²) < 4.78 is 25.1. The van der Waals surface area contributed by atoms with Crippen LogP contribution >= 0.6 is 0 Å². The van der Waals surface area contributed by atoms with Crippen LogP contribution in [0.3, 0.4) is 0 Å². The van der Waals surface area contributed by atoms with E-state index in [-0.39, 0.29) is 10.8 Å². The van der Waals surface area contributed by atoms with E-state index in [1.165, 1.54) is 26.2 Å². The molecule has 1 aliphatic rings. The molecule has 7 heteroatoms. The molecular weight excluding hydrogens is 302 g/mol. The first-order valence-corrected chi connectivity index (χ1v) is 8.74. The summed E-state index contributed by atoms with van der Waals surface area (Å²) in [6.07, 6.45) is 1.09. The van der Waals surface area contributed by atoms with E-state index in [4.69, 9.17) is 0 Å². The third-order valence-corrected chi connectivity index (χ3v) is 5.76. The van der Waals surface area contributed by atoms with Gasteiger partial charge in [-0.1, -0.05) is 0 Å². The van der Waals surface area contributed by atoms with Gasteiger partial charge < -0.3 is 10.2 Å². The van der Waals surface area contributed by atoms with Crippen molar-refractivity contribution in [3.8, 4) is 0 Å². The van der Waals surface area contributed by atoms with E-state index in [1.807, 2.05) is 0 Å². The molecule has 6 nitrogen and oxygen atoms in total. The molecule has 122 valence electrons. The number of amides is 1. The molecule has 0 bridgehead atoms. The minimum Gasteiger partial charge on any atom is -0.352 e. The Morgan fingerprint density at radius 1 is 1.32 bits per heavy atom. The molecule has 1 atom stereocenters. The molecule has 1 aromatic carbocycles. The number of carbonyl (C=O) groups excluding carboxylic acids is 1. The molecule has 1 unspecified atom stereocenters. The molecule has 0 saturated carbocycles. The Balaban J connectivity index is 1.97. The van der Waals surface area contributed by atoms with Crippen LogP contribution in [0.5, 0.6) is 0 Å². The third kappa shape index (κ3) is 3.85. The number of benzene rings is 1. The molecule has 0 radical (unpaired) electrons. The number of sulfonamides is 1. The Kier molecular flexibility index (Phi) is 5.20. The highest BCUT2D eigenvalue weighted by Crippen LogP contribution is 2.15. The van der Waals surface area contributed by atoms with E-state index < -0.39 is 10.0 Å². The normalized spacial score (nSPS) is 19.5. The molecule has 1 aliphatic heterocycles. The van der Waals surface area contributed by atoms with Gasteiger partial charge in [0.05, 0.1) is 4.90 Å². The predicted molar refractivity (Wildman–Crippen MR) is 85.3 cm³/mol. The van der Waals surface area contributed by atoms with Crippen LogP contribution < -0.4 is 5.32 Å². The van der Waals surface area contributed by atoms with Gasteiger partial charge in [-0.25, -0.2) is 12.7 Å². The number of hydrogen-bond acceptors (Lipinski definition) is 4. The van der Waals surface area contributed by atoms with Crippen molar-refractivity contribution in [1.82, 2.24) is 14.5 Å². The summed E-state index contributed by atoms with van der Waals surface area (Å²) in [5, 5.41) is 2.92. The van der Waals surface area contributed by atoms with Gasteiger partial charge in [0, 0.05) is 32.7 Å². The maximum atomic E-state index is 12.1. The summed E-state index contributed by atoms with van der Waals surface area (Å²) in [6, 6.07) is 6.03. The Labute approximate surface area is 132 Å². The van der Waals surface area contributed by atoms with E-state index in [1.54, 1.807) is 12.1 Å². The predicted octanol–water partition coefficient (Wildman–Crippen LogP) is 0.618. The van der Waals surface area contributed by atoms with Crippen LogP contribution in [-0.2, 0) is 10.0 Å². The Bertz CT molecular complexity index is 626. The first kappa shape index (κ1) is 16.9. The minimum atomic E-state index is -3.45. The second kappa shape index (κ2) is 6.76. The summed E-state index contributed by atoms with van der Waals surface area (Å²) in [4.78, 5) is 14.5. The smallest absolute Gasteiger partial charge is 0.251 e. The Hall–Kier alpha value is -1.44. The standard InChI is InChI=1S/C15H23N3O3S/c1-17(2)22(20,21)14-6-4-13(5-7-14)15(19)16-10-12-8-9-18(3)11-12/h4-7,12H,8-11H2,1-3H3,(H,16,19). The van der Waals surface area contributed by atoms with E-state index in [9.17, 15) is 13.2 Å². The molecule has 1 fully saturated rings. The van der Waals surface area contributed by atoms with Gasteiger partial charge in [0.2, 0.25) is 10.0 Å². The van der Waals surface area contributed by atoms with Crippen LogP contribution in [0.4, 0.5) is 0 Å². The van der Waals surface area contributed by atoms with Crippen LogP contribution in [0.25, 0.3) is 0 Å². The Morgan fingerprint density at radius 3 is 2.45 bits per heavy atom. The van der Waals surface area contributed by atoms with Crippen molar-refractivity contribution in [3.05, 3.63) is 29.8 Å². The molecular formula is C15H23N3O3S. The van der Waals surface area contributed by atoms with Gasteiger partial charge in [-0.3, -0.25) is 4.79 Å². The second-order valence-electron chi connectivity index (χ2n) is 5.94. The van der Waals surface area contributed by atoms with Gasteiger partial charge in [0.15, 0.2) is 0 Å². The molecule has 2 rings (SSSR count). The fourth-order valence-corrected chi connectivity index (χ4v) is 3.42. The van der Waals surface area contributed by atoms with E-state index in [0.29, 0.717) is 18.0 Å². The molecule has 1 amide bonds. The maximum absolute atomic E-state index is 12.1. The SMILES string of the molecule is CN1CCC(CNC(=O)c2ccc(S(=O)(=O)N(C)C)cc2)C1. The maximum Gasteiger partial charge on any atom is 0.251 e. The molecule has 0 aromatic heterocycles. The van der Waals surface area contributed by atoms with Crippen molar-refractivity contribution >= 4 is 15.9 Å². The molecule has 1 saturated heterocycles.